The number of nitrogens with zero attached hydrogens (tertiary/aromatic N) is 4. The number of pyridine rings is 1. The SMILES string of the molecule is CC(=O)c1cnc2c(=O)n(-c3cccnc3C)c3cc(C(F)(F)F)ccc3n12. The summed E-state index contributed by atoms with van der Waals surface area (Å²) in [5.41, 5.74) is -0.420. The monoisotopic (exact) mass is 386 g/mol. The highest BCUT2D eigenvalue weighted by atomic mass is 19.4. The summed E-state index contributed by atoms with van der Waals surface area (Å²) >= 11 is 0. The Bertz CT molecular complexity index is 1320. The summed E-state index contributed by atoms with van der Waals surface area (Å²) in [7, 11) is 0. The lowest BCUT2D eigenvalue weighted by Crippen LogP contribution is -2.24. The van der Waals surface area contributed by atoms with Gasteiger partial charge >= 0.3 is 6.18 Å². The maximum Gasteiger partial charge on any atom is 0.416 e. The number of aromatic nitrogens is 4. The number of carbonyl (C=O) groups excluding carboxylic acids is 1. The van der Waals surface area contributed by atoms with Crippen LogP contribution in [0.2, 0.25) is 0 Å². The molecule has 0 radical (unpaired) electrons. The van der Waals surface area contributed by atoms with Crippen molar-refractivity contribution in [2.24, 2.45) is 0 Å². The maximum atomic E-state index is 13.3. The fraction of sp³-hybridized carbons (Fsp3) is 0.158. The smallest absolute Gasteiger partial charge is 0.293 e. The molecule has 3 heterocycles. The summed E-state index contributed by atoms with van der Waals surface area (Å²) in [4.78, 5) is 33.3. The van der Waals surface area contributed by atoms with Gasteiger partial charge in [0.2, 0.25) is 5.65 Å². The van der Waals surface area contributed by atoms with Gasteiger partial charge < -0.3 is 0 Å². The predicted octanol–water partition coefficient (Wildman–Crippen LogP) is 3.56. The number of halogens is 3. The second-order valence-corrected chi connectivity index (χ2v) is 6.31. The molecule has 0 saturated carbocycles. The molecule has 0 N–H and O–H groups in total. The van der Waals surface area contributed by atoms with Crippen LogP contribution in [-0.2, 0) is 6.18 Å². The van der Waals surface area contributed by atoms with Crippen molar-refractivity contribution in [2.75, 3.05) is 0 Å². The molecule has 0 unspecified atom stereocenters. The average Bonchev–Trinajstić information content (AvgIpc) is 3.08. The van der Waals surface area contributed by atoms with E-state index in [1.54, 1.807) is 19.1 Å². The van der Waals surface area contributed by atoms with E-state index in [1.165, 1.54) is 29.8 Å². The van der Waals surface area contributed by atoms with Crippen molar-refractivity contribution in [3.05, 3.63) is 70.0 Å². The predicted molar refractivity (Wildman–Crippen MR) is 95.8 cm³/mol. The number of Topliss-reactive ketones (excluding diaryl/α,β-unsaturated/α-hetero) is 1. The highest BCUT2D eigenvalue weighted by Crippen LogP contribution is 2.32. The molecule has 4 rings (SSSR count). The maximum absolute atomic E-state index is 13.3. The van der Waals surface area contributed by atoms with Crippen molar-refractivity contribution in [1.82, 2.24) is 18.9 Å². The van der Waals surface area contributed by atoms with Gasteiger partial charge in [-0.1, -0.05) is 0 Å². The van der Waals surface area contributed by atoms with Crippen molar-refractivity contribution in [3.63, 3.8) is 0 Å². The Balaban J connectivity index is 2.27. The molecular formula is C19H13F3N4O2. The van der Waals surface area contributed by atoms with Crippen LogP contribution in [-0.4, -0.2) is 24.7 Å². The number of aryl methyl sites for hydroxylation is 1. The molecule has 0 bridgehead atoms. The Hall–Kier alpha value is -3.49. The molecule has 0 amide bonds. The standard InChI is InChI=1S/C19H13F3N4O2/c1-10-13(4-3-7-23-10)26-15-8-12(19(20,21)22)5-6-14(15)25-16(11(2)27)9-24-17(25)18(26)28/h3-9H,1-2H3. The van der Waals surface area contributed by atoms with Crippen molar-refractivity contribution < 1.29 is 18.0 Å². The molecular weight excluding hydrogens is 373 g/mol. The Kier molecular flexibility index (Phi) is 3.84. The largest absolute Gasteiger partial charge is 0.416 e. The Morgan fingerprint density at radius 3 is 2.50 bits per heavy atom. The van der Waals surface area contributed by atoms with E-state index in [0.29, 0.717) is 11.4 Å². The first-order chi connectivity index (χ1) is 13.2. The van der Waals surface area contributed by atoms with Gasteiger partial charge in [-0.25, -0.2) is 4.98 Å². The Labute approximate surface area is 155 Å². The molecule has 0 atom stereocenters. The molecule has 6 nitrogen and oxygen atoms in total. The highest BCUT2D eigenvalue weighted by molar-refractivity contribution is 5.95. The average molecular weight is 386 g/mol. The van der Waals surface area contributed by atoms with Gasteiger partial charge in [-0.05, 0) is 37.3 Å². The van der Waals surface area contributed by atoms with Crippen LogP contribution in [0.5, 0.6) is 0 Å². The van der Waals surface area contributed by atoms with E-state index >= 15 is 0 Å². The summed E-state index contributed by atoms with van der Waals surface area (Å²) in [6.45, 7) is 2.95. The molecule has 0 fully saturated rings. The van der Waals surface area contributed by atoms with Crippen LogP contribution in [0.4, 0.5) is 13.2 Å². The van der Waals surface area contributed by atoms with Crippen molar-refractivity contribution in [1.29, 1.82) is 0 Å². The van der Waals surface area contributed by atoms with E-state index in [9.17, 15) is 22.8 Å². The van der Waals surface area contributed by atoms with Gasteiger partial charge in [0, 0.05) is 13.1 Å². The molecule has 0 aliphatic rings. The van der Waals surface area contributed by atoms with Crippen LogP contribution in [0, 0.1) is 6.92 Å². The molecule has 28 heavy (non-hydrogen) atoms. The third kappa shape index (κ3) is 2.58. The number of imidazole rings is 1. The number of hydrogen-bond acceptors (Lipinski definition) is 4. The van der Waals surface area contributed by atoms with Gasteiger partial charge in [-0.2, -0.15) is 13.2 Å². The number of carbonyl (C=O) groups is 1. The minimum absolute atomic E-state index is 0.00363. The zero-order chi connectivity index (χ0) is 20.2. The number of ketones is 1. The fourth-order valence-corrected chi connectivity index (χ4v) is 3.22. The van der Waals surface area contributed by atoms with Gasteiger partial charge in [-0.3, -0.25) is 23.5 Å². The Morgan fingerprint density at radius 1 is 1.11 bits per heavy atom. The lowest BCUT2D eigenvalue weighted by Gasteiger charge is -2.16. The van der Waals surface area contributed by atoms with Crippen LogP contribution in [0.25, 0.3) is 22.4 Å². The molecule has 9 heteroatoms. The number of hydrogen-bond donors (Lipinski definition) is 0. The van der Waals surface area contributed by atoms with Gasteiger partial charge in [0.05, 0.1) is 34.2 Å². The second-order valence-electron chi connectivity index (χ2n) is 6.31. The zero-order valence-electron chi connectivity index (χ0n) is 14.8. The molecule has 4 aromatic rings. The van der Waals surface area contributed by atoms with E-state index in [1.807, 2.05) is 0 Å². The lowest BCUT2D eigenvalue weighted by atomic mass is 10.1. The van der Waals surface area contributed by atoms with E-state index in [-0.39, 0.29) is 28.2 Å². The number of rotatable bonds is 2. The molecule has 0 aliphatic carbocycles. The normalized spacial score (nSPS) is 12.0. The first-order valence-electron chi connectivity index (χ1n) is 8.26. The second kappa shape index (κ2) is 6.01. The number of benzene rings is 1. The van der Waals surface area contributed by atoms with E-state index < -0.39 is 17.3 Å². The zero-order valence-corrected chi connectivity index (χ0v) is 14.8. The fourth-order valence-electron chi connectivity index (χ4n) is 3.22. The third-order valence-corrected chi connectivity index (χ3v) is 4.52. The summed E-state index contributed by atoms with van der Waals surface area (Å²) in [5.74, 6) is -0.358. The minimum Gasteiger partial charge on any atom is -0.293 e. The summed E-state index contributed by atoms with van der Waals surface area (Å²) in [6.07, 6.45) is -1.82. The first-order valence-corrected chi connectivity index (χ1v) is 8.26. The minimum atomic E-state index is -4.59. The number of alkyl halides is 3. The van der Waals surface area contributed by atoms with Gasteiger partial charge in [0.25, 0.3) is 5.56 Å². The quantitative estimate of drug-likeness (QED) is 0.494. The van der Waals surface area contributed by atoms with E-state index in [0.717, 1.165) is 16.7 Å². The first kappa shape index (κ1) is 17.9. The molecule has 142 valence electrons. The van der Waals surface area contributed by atoms with E-state index in [4.69, 9.17) is 0 Å². The summed E-state index contributed by atoms with van der Waals surface area (Å²) in [5, 5.41) is 0. The molecule has 3 aromatic heterocycles. The summed E-state index contributed by atoms with van der Waals surface area (Å²) < 4.78 is 42.4. The molecule has 0 aliphatic heterocycles. The van der Waals surface area contributed by atoms with Gasteiger partial charge in [0.15, 0.2) is 5.78 Å². The van der Waals surface area contributed by atoms with Gasteiger partial charge in [0.1, 0.15) is 5.69 Å². The third-order valence-electron chi connectivity index (χ3n) is 4.52. The van der Waals surface area contributed by atoms with Crippen LogP contribution in [0.1, 0.15) is 28.7 Å². The Morgan fingerprint density at radius 2 is 1.86 bits per heavy atom. The van der Waals surface area contributed by atoms with Gasteiger partial charge in [-0.15, -0.1) is 0 Å². The molecule has 0 saturated heterocycles. The van der Waals surface area contributed by atoms with Crippen LogP contribution in [0.3, 0.4) is 0 Å². The van der Waals surface area contributed by atoms with Crippen LogP contribution >= 0.6 is 0 Å². The van der Waals surface area contributed by atoms with Crippen LogP contribution in [0.15, 0.2) is 47.5 Å². The summed E-state index contributed by atoms with van der Waals surface area (Å²) in [6, 6.07) is 6.23. The van der Waals surface area contributed by atoms with Crippen molar-refractivity contribution in [3.8, 4) is 5.69 Å². The van der Waals surface area contributed by atoms with Crippen molar-refractivity contribution in [2.45, 2.75) is 20.0 Å². The highest BCUT2D eigenvalue weighted by Gasteiger charge is 2.31. The molecule has 0 spiro atoms. The number of fused-ring (bicyclic) bond motifs is 3. The lowest BCUT2D eigenvalue weighted by molar-refractivity contribution is -0.137. The van der Waals surface area contributed by atoms with Crippen molar-refractivity contribution >= 4 is 22.5 Å². The topological polar surface area (TPSA) is 69.3 Å². The van der Waals surface area contributed by atoms with Crippen LogP contribution < -0.4 is 5.56 Å². The van der Waals surface area contributed by atoms with E-state index in [2.05, 4.69) is 9.97 Å². The molecule has 1 aromatic carbocycles.